The van der Waals surface area contributed by atoms with Crippen LogP contribution in [0, 0.1) is 16.0 Å². The van der Waals surface area contributed by atoms with Gasteiger partial charge in [-0.3, -0.25) is 24.5 Å². The number of fused-ring (bicyclic) bond motifs is 1. The average Bonchev–Trinajstić information content (AvgIpc) is 3.61. The molecule has 2 aliphatic rings. The van der Waals surface area contributed by atoms with E-state index < -0.39 is 34.8 Å². The Hall–Kier alpha value is -4.18. The maximum absolute atomic E-state index is 13.7. The molecule has 2 fully saturated rings. The van der Waals surface area contributed by atoms with Gasteiger partial charge in [0.1, 0.15) is 23.5 Å². The van der Waals surface area contributed by atoms with Crippen LogP contribution in [-0.4, -0.2) is 22.8 Å². The molecule has 4 aromatic rings. The first-order chi connectivity index (χ1) is 18.3. The summed E-state index contributed by atoms with van der Waals surface area (Å²) in [4.78, 5) is 44.8. The summed E-state index contributed by atoms with van der Waals surface area (Å²) in [5, 5.41) is 13.5. The summed E-state index contributed by atoms with van der Waals surface area (Å²) in [6.07, 6.45) is -1.12. The number of imide groups is 1. The third-order valence-electron chi connectivity index (χ3n) is 6.56. The molecular weight excluding hydrogens is 533 g/mol. The number of hydroxylamine groups is 1. The summed E-state index contributed by atoms with van der Waals surface area (Å²) in [7, 11) is 0. The number of non-ortho nitro benzene ring substituents is 1. The average molecular weight is 550 g/mol. The summed E-state index contributed by atoms with van der Waals surface area (Å²) in [6.45, 7) is 0. The molecular formula is C27H17Cl2N3O6. The quantitative estimate of drug-likeness (QED) is 0.165. The Bertz CT molecular complexity index is 1570. The van der Waals surface area contributed by atoms with Crippen molar-refractivity contribution in [3.63, 3.8) is 0 Å². The molecule has 0 aliphatic carbocycles. The number of halogens is 2. The first-order valence-electron chi connectivity index (χ1n) is 11.5. The fourth-order valence-electron chi connectivity index (χ4n) is 4.82. The van der Waals surface area contributed by atoms with E-state index >= 15 is 0 Å². The highest BCUT2D eigenvalue weighted by molar-refractivity contribution is 6.35. The third-order valence-corrected chi connectivity index (χ3v) is 7.12. The smallest absolute Gasteiger partial charge is 0.269 e. The Balaban J connectivity index is 1.41. The van der Waals surface area contributed by atoms with Crippen molar-refractivity contribution in [3.05, 3.63) is 111 Å². The number of carbonyl (C=O) groups is 2. The van der Waals surface area contributed by atoms with E-state index in [2.05, 4.69) is 0 Å². The maximum Gasteiger partial charge on any atom is 0.269 e. The number of hydrogen-bond donors (Lipinski definition) is 0. The molecule has 2 saturated heterocycles. The van der Waals surface area contributed by atoms with Gasteiger partial charge in [0.15, 0.2) is 6.10 Å². The second-order valence-electron chi connectivity index (χ2n) is 8.77. The first kappa shape index (κ1) is 24.2. The monoisotopic (exact) mass is 549 g/mol. The van der Waals surface area contributed by atoms with Gasteiger partial charge in [-0.1, -0.05) is 41.4 Å². The van der Waals surface area contributed by atoms with Gasteiger partial charge in [-0.25, -0.2) is 9.96 Å². The van der Waals surface area contributed by atoms with E-state index in [4.69, 9.17) is 32.5 Å². The van der Waals surface area contributed by atoms with E-state index in [1.807, 2.05) is 18.2 Å². The predicted octanol–water partition coefficient (Wildman–Crippen LogP) is 6.21. The SMILES string of the molecule is O=C1[C@@H]2[C@@H](c3ccc(-c4cc(Cl)ccc4Cl)o3)N(c3ccccc3)O[C@H]2C(=O)N1c1ccc([N+](=O)[O-])cc1. The van der Waals surface area contributed by atoms with E-state index in [0.29, 0.717) is 32.8 Å². The van der Waals surface area contributed by atoms with Crippen molar-refractivity contribution < 1.29 is 23.8 Å². The van der Waals surface area contributed by atoms with Crippen LogP contribution in [0.2, 0.25) is 10.0 Å². The lowest BCUT2D eigenvalue weighted by Crippen LogP contribution is -2.37. The van der Waals surface area contributed by atoms with Gasteiger partial charge in [-0.2, -0.15) is 0 Å². The molecule has 9 nitrogen and oxygen atoms in total. The lowest BCUT2D eigenvalue weighted by Gasteiger charge is -2.27. The van der Waals surface area contributed by atoms with Crippen molar-refractivity contribution >= 4 is 52.1 Å². The van der Waals surface area contributed by atoms with E-state index in [1.54, 1.807) is 42.5 Å². The Labute approximate surface area is 225 Å². The molecule has 1 aromatic heterocycles. The summed E-state index contributed by atoms with van der Waals surface area (Å²) in [5.41, 5.74) is 1.28. The summed E-state index contributed by atoms with van der Waals surface area (Å²) in [6, 6.07) is 21.9. The van der Waals surface area contributed by atoms with Crippen molar-refractivity contribution in [2.45, 2.75) is 12.1 Å². The van der Waals surface area contributed by atoms with Crippen LogP contribution in [0.25, 0.3) is 11.3 Å². The minimum atomic E-state index is -1.12. The molecule has 0 saturated carbocycles. The van der Waals surface area contributed by atoms with Crippen molar-refractivity contribution in [2.24, 2.45) is 5.92 Å². The molecule has 3 atom stereocenters. The molecule has 0 radical (unpaired) electrons. The molecule has 2 aliphatic heterocycles. The van der Waals surface area contributed by atoms with Gasteiger partial charge in [0.05, 0.1) is 21.3 Å². The van der Waals surface area contributed by atoms with Gasteiger partial charge in [0.25, 0.3) is 11.6 Å². The summed E-state index contributed by atoms with van der Waals surface area (Å²) in [5.74, 6) is -1.18. The second kappa shape index (κ2) is 9.29. The zero-order chi connectivity index (χ0) is 26.6. The van der Waals surface area contributed by atoms with Gasteiger partial charge in [0.2, 0.25) is 5.91 Å². The number of nitro groups is 1. The fraction of sp³-hybridized carbons (Fsp3) is 0.111. The zero-order valence-electron chi connectivity index (χ0n) is 19.4. The zero-order valence-corrected chi connectivity index (χ0v) is 20.9. The number of carbonyl (C=O) groups excluding carboxylic acids is 2. The molecule has 0 unspecified atom stereocenters. The van der Waals surface area contributed by atoms with Crippen LogP contribution in [0.1, 0.15) is 11.8 Å². The van der Waals surface area contributed by atoms with Crippen molar-refractivity contribution in [3.8, 4) is 11.3 Å². The van der Waals surface area contributed by atoms with Crippen LogP contribution in [0.4, 0.5) is 17.1 Å². The fourth-order valence-corrected chi connectivity index (χ4v) is 5.21. The molecule has 2 amide bonds. The van der Waals surface area contributed by atoms with E-state index in [1.165, 1.54) is 29.3 Å². The number of rotatable bonds is 5. The molecule has 3 heterocycles. The highest BCUT2D eigenvalue weighted by Crippen LogP contribution is 2.48. The lowest BCUT2D eigenvalue weighted by atomic mass is 9.94. The van der Waals surface area contributed by atoms with E-state index in [9.17, 15) is 19.7 Å². The molecule has 0 bridgehead atoms. The van der Waals surface area contributed by atoms with Gasteiger partial charge in [0, 0.05) is 22.7 Å². The standard InChI is InChI=1S/C27H17Cl2N3O6/c28-15-6-11-20(29)19(14-15)21-12-13-22(37-21)24-23-25(38-31(24)17-4-2-1-3-5-17)27(34)30(26(23)33)16-7-9-18(10-8-16)32(35)36/h1-14,23-25H/t23-,24-,25-/m1/s1. The molecule has 0 spiro atoms. The number of hydrogen-bond acceptors (Lipinski definition) is 7. The third kappa shape index (κ3) is 3.92. The predicted molar refractivity (Wildman–Crippen MR) is 140 cm³/mol. The highest BCUT2D eigenvalue weighted by atomic mass is 35.5. The number of furan rings is 1. The van der Waals surface area contributed by atoms with E-state index in [0.717, 1.165) is 4.90 Å². The van der Waals surface area contributed by atoms with Gasteiger partial charge >= 0.3 is 0 Å². The maximum atomic E-state index is 13.7. The van der Waals surface area contributed by atoms with Gasteiger partial charge in [-0.05, 0) is 54.6 Å². The van der Waals surface area contributed by atoms with Crippen LogP contribution in [0.3, 0.4) is 0 Å². The highest BCUT2D eigenvalue weighted by Gasteiger charge is 2.61. The number of nitrogens with zero attached hydrogens (tertiary/aromatic N) is 3. The van der Waals surface area contributed by atoms with Crippen LogP contribution < -0.4 is 9.96 Å². The molecule has 3 aromatic carbocycles. The van der Waals surface area contributed by atoms with Crippen LogP contribution in [-0.2, 0) is 14.4 Å². The lowest BCUT2D eigenvalue weighted by molar-refractivity contribution is -0.384. The number of nitro benzene ring substituents is 1. The topological polar surface area (TPSA) is 106 Å². The normalized spacial score (nSPS) is 20.7. The molecule has 11 heteroatoms. The van der Waals surface area contributed by atoms with Crippen LogP contribution in [0.5, 0.6) is 0 Å². The summed E-state index contributed by atoms with van der Waals surface area (Å²) < 4.78 is 6.19. The second-order valence-corrected chi connectivity index (χ2v) is 9.61. The number of benzene rings is 3. The minimum absolute atomic E-state index is 0.153. The molecule has 0 N–H and O–H groups in total. The van der Waals surface area contributed by atoms with Gasteiger partial charge < -0.3 is 4.42 Å². The number of anilines is 2. The van der Waals surface area contributed by atoms with E-state index in [-0.39, 0.29) is 11.4 Å². The molecule has 190 valence electrons. The number of para-hydroxylation sites is 1. The number of amides is 2. The van der Waals surface area contributed by atoms with Crippen molar-refractivity contribution in [1.29, 1.82) is 0 Å². The Kier molecular flexibility index (Phi) is 5.91. The van der Waals surface area contributed by atoms with Crippen molar-refractivity contribution in [1.82, 2.24) is 0 Å². The Morgan fingerprint density at radius 3 is 2.29 bits per heavy atom. The molecule has 6 rings (SSSR count). The van der Waals surface area contributed by atoms with Crippen molar-refractivity contribution in [2.75, 3.05) is 9.96 Å². The first-order valence-corrected chi connectivity index (χ1v) is 12.3. The minimum Gasteiger partial charge on any atom is -0.459 e. The Morgan fingerprint density at radius 1 is 0.842 bits per heavy atom. The summed E-state index contributed by atoms with van der Waals surface area (Å²) >= 11 is 12.5. The van der Waals surface area contributed by atoms with Crippen LogP contribution in [0.15, 0.2) is 89.3 Å². The largest absolute Gasteiger partial charge is 0.459 e. The Morgan fingerprint density at radius 2 is 1.58 bits per heavy atom. The van der Waals surface area contributed by atoms with Gasteiger partial charge in [-0.15, -0.1) is 0 Å². The molecule has 38 heavy (non-hydrogen) atoms. The van der Waals surface area contributed by atoms with Crippen LogP contribution >= 0.6 is 23.2 Å².